The fourth-order valence-electron chi connectivity index (χ4n) is 2.64. The lowest BCUT2D eigenvalue weighted by atomic mass is 10.0. The van der Waals surface area contributed by atoms with Gasteiger partial charge in [-0.1, -0.05) is 19.1 Å². The molecule has 1 atom stereocenters. The van der Waals surface area contributed by atoms with Crippen LogP contribution >= 0.6 is 0 Å². The average Bonchev–Trinajstić information content (AvgIpc) is 2.96. The third kappa shape index (κ3) is 2.92. The molecule has 1 saturated heterocycles. The second-order valence-corrected chi connectivity index (χ2v) is 5.50. The number of nitro groups is 1. The van der Waals surface area contributed by atoms with Crippen LogP contribution in [0.3, 0.4) is 0 Å². The Bertz CT molecular complexity index is 809. The molecule has 2 aromatic rings. The highest BCUT2D eigenvalue weighted by Gasteiger charge is 2.31. The highest BCUT2D eigenvalue weighted by atomic mass is 19.1. The van der Waals surface area contributed by atoms with Gasteiger partial charge >= 0.3 is 6.09 Å². The van der Waals surface area contributed by atoms with Crippen molar-refractivity contribution in [2.75, 3.05) is 11.4 Å². The predicted molar refractivity (Wildman–Crippen MR) is 86.4 cm³/mol. The Balaban J connectivity index is 1.92. The Morgan fingerprint density at radius 2 is 2.12 bits per heavy atom. The van der Waals surface area contributed by atoms with Crippen molar-refractivity contribution >= 4 is 17.5 Å². The minimum Gasteiger partial charge on any atom is -0.444 e. The number of carbonyl (C=O) groups excluding carboxylic acids is 1. The van der Waals surface area contributed by atoms with E-state index in [0.29, 0.717) is 24.2 Å². The number of cyclic esters (lactones) is 1. The summed E-state index contributed by atoms with van der Waals surface area (Å²) in [6.07, 6.45) is -0.00222. The van der Waals surface area contributed by atoms with Crippen molar-refractivity contribution in [3.63, 3.8) is 0 Å². The van der Waals surface area contributed by atoms with Gasteiger partial charge in [0.25, 0.3) is 5.69 Å². The van der Waals surface area contributed by atoms with Gasteiger partial charge in [-0.05, 0) is 30.2 Å². The first kappa shape index (κ1) is 15.9. The van der Waals surface area contributed by atoms with Crippen LogP contribution in [0.25, 0.3) is 11.1 Å². The zero-order valence-corrected chi connectivity index (χ0v) is 12.9. The summed E-state index contributed by atoms with van der Waals surface area (Å²) < 4.78 is 19.6. The van der Waals surface area contributed by atoms with Gasteiger partial charge in [0, 0.05) is 17.7 Å². The summed E-state index contributed by atoms with van der Waals surface area (Å²) in [5, 5.41) is 10.8. The van der Waals surface area contributed by atoms with E-state index in [2.05, 4.69) is 0 Å². The minimum absolute atomic E-state index is 0.107. The Morgan fingerprint density at radius 3 is 2.75 bits per heavy atom. The zero-order valence-electron chi connectivity index (χ0n) is 12.9. The molecular weight excluding hydrogens is 315 g/mol. The van der Waals surface area contributed by atoms with Gasteiger partial charge < -0.3 is 4.74 Å². The molecule has 0 aromatic heterocycles. The second kappa shape index (κ2) is 6.27. The van der Waals surface area contributed by atoms with E-state index < -0.39 is 16.8 Å². The molecule has 1 fully saturated rings. The van der Waals surface area contributed by atoms with Gasteiger partial charge in [0.15, 0.2) is 0 Å². The van der Waals surface area contributed by atoms with Crippen molar-refractivity contribution in [3.05, 3.63) is 58.4 Å². The first-order valence-corrected chi connectivity index (χ1v) is 7.52. The fourth-order valence-corrected chi connectivity index (χ4v) is 2.64. The molecule has 2 aromatic carbocycles. The second-order valence-electron chi connectivity index (χ2n) is 5.50. The number of benzene rings is 2. The van der Waals surface area contributed by atoms with Crippen molar-refractivity contribution in [2.24, 2.45) is 0 Å². The van der Waals surface area contributed by atoms with Crippen molar-refractivity contribution in [2.45, 2.75) is 19.4 Å². The van der Waals surface area contributed by atoms with Crippen molar-refractivity contribution < 1.29 is 18.8 Å². The van der Waals surface area contributed by atoms with Crippen molar-refractivity contribution in [1.82, 2.24) is 0 Å². The van der Waals surface area contributed by atoms with Crippen LogP contribution in [0.1, 0.15) is 13.3 Å². The van der Waals surface area contributed by atoms with Gasteiger partial charge in [-0.15, -0.1) is 0 Å². The molecule has 0 unspecified atom stereocenters. The molecule has 1 amide bonds. The van der Waals surface area contributed by atoms with E-state index in [1.807, 2.05) is 6.92 Å². The Morgan fingerprint density at radius 1 is 1.33 bits per heavy atom. The molecule has 6 nitrogen and oxygen atoms in total. The molecule has 0 N–H and O–H groups in total. The minimum atomic E-state index is -0.555. The Hall–Kier alpha value is -2.96. The topological polar surface area (TPSA) is 72.7 Å². The van der Waals surface area contributed by atoms with Crippen LogP contribution in [0.15, 0.2) is 42.5 Å². The highest BCUT2D eigenvalue weighted by Crippen LogP contribution is 2.30. The zero-order chi connectivity index (χ0) is 17.3. The van der Waals surface area contributed by atoms with Crippen LogP contribution in [0.5, 0.6) is 0 Å². The van der Waals surface area contributed by atoms with E-state index in [-0.39, 0.29) is 17.4 Å². The normalized spacial score (nSPS) is 17.0. The van der Waals surface area contributed by atoms with E-state index in [1.165, 1.54) is 35.2 Å². The van der Waals surface area contributed by atoms with E-state index in [4.69, 9.17) is 4.74 Å². The van der Waals surface area contributed by atoms with Gasteiger partial charge in [-0.2, -0.15) is 0 Å². The number of nitrogens with zero attached hydrogens (tertiary/aromatic N) is 2. The van der Waals surface area contributed by atoms with Crippen LogP contribution in [0.2, 0.25) is 0 Å². The largest absolute Gasteiger partial charge is 0.444 e. The number of amides is 1. The van der Waals surface area contributed by atoms with Crippen LogP contribution in [0, 0.1) is 15.9 Å². The van der Waals surface area contributed by atoms with Crippen molar-refractivity contribution in [1.29, 1.82) is 0 Å². The number of hydrogen-bond donors (Lipinski definition) is 0. The Kier molecular flexibility index (Phi) is 4.16. The number of nitro benzene ring substituents is 1. The number of hydrogen-bond acceptors (Lipinski definition) is 4. The molecule has 3 rings (SSSR count). The highest BCUT2D eigenvalue weighted by molar-refractivity contribution is 5.90. The number of halogens is 1. The summed E-state index contributed by atoms with van der Waals surface area (Å²) in [6.45, 7) is 2.29. The predicted octanol–water partition coefficient (Wildman–Crippen LogP) is 4.14. The molecule has 0 aliphatic carbocycles. The maximum atomic E-state index is 14.5. The van der Waals surface area contributed by atoms with Gasteiger partial charge in [0.2, 0.25) is 0 Å². The third-order valence-corrected chi connectivity index (χ3v) is 3.96. The standard InChI is InChI=1S/C17H15FN2O4/c1-2-14-10-19(17(21)24-14)12-6-7-15(16(18)9-12)11-4-3-5-13(8-11)20(22)23/h3-9,14H,2,10H2,1H3/t14-/m0/s1. The molecule has 1 heterocycles. The van der Waals surface area contributed by atoms with E-state index in [9.17, 15) is 19.3 Å². The quantitative estimate of drug-likeness (QED) is 0.624. The van der Waals surface area contributed by atoms with E-state index in [1.54, 1.807) is 12.1 Å². The lowest BCUT2D eigenvalue weighted by molar-refractivity contribution is -0.384. The maximum Gasteiger partial charge on any atom is 0.414 e. The fraction of sp³-hybridized carbons (Fsp3) is 0.235. The van der Waals surface area contributed by atoms with Gasteiger partial charge in [0.1, 0.15) is 11.9 Å². The molecule has 124 valence electrons. The molecule has 7 heteroatoms. The summed E-state index contributed by atoms with van der Waals surface area (Å²) in [5.74, 6) is -0.555. The lowest BCUT2D eigenvalue weighted by Crippen LogP contribution is -2.24. The maximum absolute atomic E-state index is 14.5. The number of anilines is 1. The molecule has 1 aliphatic heterocycles. The summed E-state index contributed by atoms with van der Waals surface area (Å²) >= 11 is 0. The summed E-state index contributed by atoms with van der Waals surface area (Å²) in [7, 11) is 0. The number of carbonyl (C=O) groups is 1. The van der Waals surface area contributed by atoms with E-state index >= 15 is 0 Å². The Labute approximate surface area is 137 Å². The van der Waals surface area contributed by atoms with Gasteiger partial charge in [-0.25, -0.2) is 9.18 Å². The summed E-state index contributed by atoms with van der Waals surface area (Å²) in [5.41, 5.74) is 0.943. The summed E-state index contributed by atoms with van der Waals surface area (Å²) in [6, 6.07) is 10.1. The average molecular weight is 330 g/mol. The molecule has 0 radical (unpaired) electrons. The SMILES string of the molecule is CC[C@H]1CN(c2ccc(-c3cccc([N+](=O)[O-])c3)c(F)c2)C(=O)O1. The number of rotatable bonds is 4. The molecular formula is C17H15FN2O4. The van der Waals surface area contributed by atoms with Crippen LogP contribution in [-0.2, 0) is 4.74 Å². The van der Waals surface area contributed by atoms with Crippen LogP contribution in [-0.4, -0.2) is 23.7 Å². The molecule has 24 heavy (non-hydrogen) atoms. The van der Waals surface area contributed by atoms with Gasteiger partial charge in [0.05, 0.1) is 17.2 Å². The van der Waals surface area contributed by atoms with Gasteiger partial charge in [-0.3, -0.25) is 15.0 Å². The molecule has 0 spiro atoms. The number of non-ortho nitro benzene ring substituents is 1. The monoisotopic (exact) mass is 330 g/mol. The van der Waals surface area contributed by atoms with Crippen molar-refractivity contribution in [3.8, 4) is 11.1 Å². The lowest BCUT2D eigenvalue weighted by Gasteiger charge is -2.14. The van der Waals surface area contributed by atoms with Crippen LogP contribution < -0.4 is 4.90 Å². The summed E-state index contributed by atoms with van der Waals surface area (Å²) in [4.78, 5) is 23.5. The first-order chi connectivity index (χ1) is 11.5. The van der Waals surface area contributed by atoms with E-state index in [0.717, 1.165) is 0 Å². The van der Waals surface area contributed by atoms with Crippen LogP contribution in [0.4, 0.5) is 20.6 Å². The number of ether oxygens (including phenoxy) is 1. The first-order valence-electron chi connectivity index (χ1n) is 7.52. The molecule has 0 bridgehead atoms. The molecule has 1 aliphatic rings. The smallest absolute Gasteiger partial charge is 0.414 e. The third-order valence-electron chi connectivity index (χ3n) is 3.96. The molecule has 0 saturated carbocycles.